The van der Waals surface area contributed by atoms with Crippen LogP contribution in [-0.4, -0.2) is 73.0 Å². The standard InChI is InChI=1S/C45H90N2O3S/c1-6-9-12-15-16-17-18-19-20-21-22-23-24-25-26-27-28-33-38-47(44(48)42-51-41-40-46(4)5)39-34-29-32-37-45(49)50-43(35-30-13-10-7-2)36-31-14-11-8-3/h43H,6-42H2,1-5H3. The van der Waals surface area contributed by atoms with Crippen molar-refractivity contribution >= 4 is 23.6 Å². The number of esters is 1. The molecule has 0 saturated carbocycles. The van der Waals surface area contributed by atoms with Crippen LogP contribution >= 0.6 is 11.8 Å². The van der Waals surface area contributed by atoms with Crippen molar-refractivity contribution in [3.8, 4) is 0 Å². The van der Waals surface area contributed by atoms with E-state index in [1.165, 1.54) is 148 Å². The van der Waals surface area contributed by atoms with Gasteiger partial charge in [-0.15, -0.1) is 0 Å². The van der Waals surface area contributed by atoms with Crippen LogP contribution in [-0.2, 0) is 14.3 Å². The quantitative estimate of drug-likeness (QED) is 0.0462. The van der Waals surface area contributed by atoms with Crippen molar-refractivity contribution in [1.29, 1.82) is 0 Å². The molecule has 6 heteroatoms. The Morgan fingerprint density at radius 2 is 0.863 bits per heavy atom. The number of amides is 1. The molecule has 0 heterocycles. The summed E-state index contributed by atoms with van der Waals surface area (Å²) in [6.07, 6.45) is 40.1. The zero-order valence-corrected chi connectivity index (χ0v) is 36.1. The van der Waals surface area contributed by atoms with Gasteiger partial charge in [-0.3, -0.25) is 9.59 Å². The second-order valence-electron chi connectivity index (χ2n) is 15.9. The van der Waals surface area contributed by atoms with E-state index >= 15 is 0 Å². The van der Waals surface area contributed by atoms with E-state index in [0.717, 1.165) is 76.8 Å². The molecule has 51 heavy (non-hydrogen) atoms. The van der Waals surface area contributed by atoms with Crippen molar-refractivity contribution in [3.05, 3.63) is 0 Å². The van der Waals surface area contributed by atoms with Gasteiger partial charge in [0.2, 0.25) is 5.91 Å². The molecule has 0 rings (SSSR count). The molecular weight excluding hydrogens is 649 g/mol. The van der Waals surface area contributed by atoms with Crippen molar-refractivity contribution in [3.63, 3.8) is 0 Å². The molecule has 0 saturated heterocycles. The minimum atomic E-state index is -0.0185. The van der Waals surface area contributed by atoms with Crippen LogP contribution in [0.1, 0.15) is 226 Å². The molecule has 0 aliphatic carbocycles. The van der Waals surface area contributed by atoms with Crippen LogP contribution in [0.3, 0.4) is 0 Å². The third-order valence-corrected chi connectivity index (χ3v) is 11.3. The highest BCUT2D eigenvalue weighted by atomic mass is 32.2. The number of ether oxygens (including phenoxy) is 1. The summed E-state index contributed by atoms with van der Waals surface area (Å²) in [4.78, 5) is 30.2. The van der Waals surface area contributed by atoms with E-state index < -0.39 is 0 Å². The molecule has 1 amide bonds. The molecule has 0 spiro atoms. The van der Waals surface area contributed by atoms with E-state index in [2.05, 4.69) is 44.7 Å². The van der Waals surface area contributed by atoms with Crippen molar-refractivity contribution in [2.45, 2.75) is 232 Å². The number of rotatable bonds is 41. The van der Waals surface area contributed by atoms with Crippen molar-refractivity contribution in [2.24, 2.45) is 0 Å². The maximum absolute atomic E-state index is 13.2. The van der Waals surface area contributed by atoms with Gasteiger partial charge in [0.05, 0.1) is 5.75 Å². The Morgan fingerprint density at radius 3 is 1.27 bits per heavy atom. The highest BCUT2D eigenvalue weighted by Gasteiger charge is 2.16. The Kier molecular flexibility index (Phi) is 39.8. The van der Waals surface area contributed by atoms with E-state index in [9.17, 15) is 9.59 Å². The van der Waals surface area contributed by atoms with E-state index in [0.29, 0.717) is 18.1 Å². The van der Waals surface area contributed by atoms with Crippen LogP contribution in [0.2, 0.25) is 0 Å². The zero-order valence-electron chi connectivity index (χ0n) is 35.3. The molecule has 0 aliphatic rings. The van der Waals surface area contributed by atoms with E-state index in [1.54, 1.807) is 11.8 Å². The Hall–Kier alpha value is -0.750. The summed E-state index contributed by atoms with van der Waals surface area (Å²) in [6.45, 7) is 9.48. The van der Waals surface area contributed by atoms with Crippen molar-refractivity contribution < 1.29 is 14.3 Å². The smallest absolute Gasteiger partial charge is 0.306 e. The monoisotopic (exact) mass is 739 g/mol. The molecule has 0 aromatic heterocycles. The summed E-state index contributed by atoms with van der Waals surface area (Å²) in [5.41, 5.74) is 0. The molecule has 0 bridgehead atoms. The Labute approximate surface area is 324 Å². The average Bonchev–Trinajstić information content (AvgIpc) is 3.11. The topological polar surface area (TPSA) is 49.9 Å². The van der Waals surface area contributed by atoms with Gasteiger partial charge in [0, 0.05) is 31.8 Å². The van der Waals surface area contributed by atoms with E-state index in [-0.39, 0.29) is 12.1 Å². The van der Waals surface area contributed by atoms with Gasteiger partial charge in [0.25, 0.3) is 0 Å². The molecule has 0 radical (unpaired) electrons. The molecule has 0 N–H and O–H groups in total. The number of nitrogens with zero attached hydrogens (tertiary/aromatic N) is 2. The van der Waals surface area contributed by atoms with Crippen LogP contribution in [0, 0.1) is 0 Å². The fourth-order valence-electron chi connectivity index (χ4n) is 6.92. The van der Waals surface area contributed by atoms with Gasteiger partial charge >= 0.3 is 5.97 Å². The highest BCUT2D eigenvalue weighted by Crippen LogP contribution is 2.18. The molecule has 304 valence electrons. The zero-order chi connectivity index (χ0) is 37.5. The van der Waals surface area contributed by atoms with Gasteiger partial charge in [-0.2, -0.15) is 11.8 Å². The normalized spacial score (nSPS) is 11.6. The number of carbonyl (C=O) groups excluding carboxylic acids is 2. The summed E-state index contributed by atoms with van der Waals surface area (Å²) in [6, 6.07) is 0. The molecule has 0 aromatic rings. The van der Waals surface area contributed by atoms with Crippen LogP contribution in [0.15, 0.2) is 0 Å². The average molecular weight is 739 g/mol. The minimum absolute atomic E-state index is 0.0185. The lowest BCUT2D eigenvalue weighted by Crippen LogP contribution is -2.34. The largest absolute Gasteiger partial charge is 0.462 e. The maximum atomic E-state index is 13.2. The van der Waals surface area contributed by atoms with Crippen LogP contribution in [0.25, 0.3) is 0 Å². The third kappa shape index (κ3) is 37.4. The fourth-order valence-corrected chi connectivity index (χ4v) is 7.91. The van der Waals surface area contributed by atoms with E-state index in [4.69, 9.17) is 4.74 Å². The first kappa shape index (κ1) is 50.2. The fraction of sp³-hybridized carbons (Fsp3) is 0.956. The van der Waals surface area contributed by atoms with Gasteiger partial charge in [-0.05, 0) is 59.0 Å². The number of hydrogen-bond acceptors (Lipinski definition) is 5. The third-order valence-electron chi connectivity index (χ3n) is 10.4. The molecular formula is C45H90N2O3S. The summed E-state index contributed by atoms with van der Waals surface area (Å²) < 4.78 is 5.98. The van der Waals surface area contributed by atoms with Gasteiger partial charge in [-0.25, -0.2) is 0 Å². The number of thioether (sulfide) groups is 1. The van der Waals surface area contributed by atoms with Gasteiger partial charge < -0.3 is 14.5 Å². The second kappa shape index (κ2) is 40.4. The molecule has 0 atom stereocenters. The first-order valence-electron chi connectivity index (χ1n) is 22.6. The van der Waals surface area contributed by atoms with Crippen molar-refractivity contribution in [1.82, 2.24) is 9.80 Å². The lowest BCUT2D eigenvalue weighted by Gasteiger charge is -2.23. The summed E-state index contributed by atoms with van der Waals surface area (Å²) in [5.74, 6) is 1.84. The van der Waals surface area contributed by atoms with Gasteiger partial charge in [0.15, 0.2) is 0 Å². The predicted octanol–water partition coefficient (Wildman–Crippen LogP) is 13.6. The summed E-state index contributed by atoms with van der Waals surface area (Å²) in [5, 5.41) is 0. The predicted molar refractivity (Wildman–Crippen MR) is 227 cm³/mol. The highest BCUT2D eigenvalue weighted by molar-refractivity contribution is 7.99. The second-order valence-corrected chi connectivity index (χ2v) is 17.0. The number of hydrogen-bond donors (Lipinski definition) is 0. The van der Waals surface area contributed by atoms with Crippen LogP contribution in [0.4, 0.5) is 0 Å². The Balaban J connectivity index is 4.26. The summed E-state index contributed by atoms with van der Waals surface area (Å²) >= 11 is 1.76. The Bertz CT molecular complexity index is 722. The van der Waals surface area contributed by atoms with Crippen LogP contribution in [0.5, 0.6) is 0 Å². The Morgan fingerprint density at radius 1 is 0.490 bits per heavy atom. The SMILES string of the molecule is CCCCCCCCCCCCCCCCCCCCN(CCCCCC(=O)OC(CCCCCC)CCCCCC)C(=O)CSCCN(C)C. The van der Waals surface area contributed by atoms with Gasteiger partial charge in [-0.1, -0.05) is 175 Å². The number of unbranched alkanes of at least 4 members (excludes halogenated alkanes) is 25. The number of carbonyl (C=O) groups is 2. The first-order valence-corrected chi connectivity index (χ1v) is 23.8. The summed E-state index contributed by atoms with van der Waals surface area (Å²) in [7, 11) is 4.18. The van der Waals surface area contributed by atoms with Crippen LogP contribution < -0.4 is 0 Å². The minimum Gasteiger partial charge on any atom is -0.462 e. The molecule has 5 nitrogen and oxygen atoms in total. The molecule has 0 aromatic carbocycles. The first-order chi connectivity index (χ1) is 24.9. The molecule has 0 aliphatic heterocycles. The molecule has 0 unspecified atom stereocenters. The van der Waals surface area contributed by atoms with Crippen molar-refractivity contribution in [2.75, 3.05) is 45.2 Å². The lowest BCUT2D eigenvalue weighted by molar-refractivity contribution is -0.150. The van der Waals surface area contributed by atoms with E-state index in [1.807, 2.05) is 0 Å². The molecule has 0 fully saturated rings. The lowest BCUT2D eigenvalue weighted by atomic mass is 10.0. The van der Waals surface area contributed by atoms with Gasteiger partial charge in [0.1, 0.15) is 6.10 Å². The maximum Gasteiger partial charge on any atom is 0.306 e.